The highest BCUT2D eigenvalue weighted by Crippen LogP contribution is 2.26. The Balaban J connectivity index is 2.10. The minimum Gasteiger partial charge on any atom is -0.481 e. The van der Waals surface area contributed by atoms with Gasteiger partial charge < -0.3 is 10.2 Å². The third-order valence-electron chi connectivity index (χ3n) is 4.15. The van der Waals surface area contributed by atoms with Crippen molar-refractivity contribution in [3.05, 3.63) is 35.9 Å². The first-order chi connectivity index (χ1) is 9.72. The third-order valence-corrected chi connectivity index (χ3v) is 4.15. The first kappa shape index (κ1) is 15.0. The Labute approximate surface area is 120 Å². The molecule has 0 amide bonds. The zero-order chi connectivity index (χ0) is 14.4. The van der Waals surface area contributed by atoms with Gasteiger partial charge in [-0.3, -0.25) is 9.69 Å². The van der Waals surface area contributed by atoms with Gasteiger partial charge in [-0.25, -0.2) is 0 Å². The van der Waals surface area contributed by atoms with Gasteiger partial charge in [-0.05, 0) is 18.4 Å². The van der Waals surface area contributed by atoms with E-state index in [1.807, 2.05) is 30.3 Å². The van der Waals surface area contributed by atoms with E-state index < -0.39 is 11.9 Å². The van der Waals surface area contributed by atoms with Crippen LogP contribution in [0.15, 0.2) is 30.3 Å². The van der Waals surface area contributed by atoms with Crippen molar-refractivity contribution >= 4 is 5.97 Å². The van der Waals surface area contributed by atoms with Gasteiger partial charge in [0.15, 0.2) is 0 Å². The first-order valence-electron chi connectivity index (χ1n) is 7.35. The zero-order valence-electron chi connectivity index (χ0n) is 11.7. The summed E-state index contributed by atoms with van der Waals surface area (Å²) in [6, 6.07) is 9.79. The molecule has 0 heterocycles. The topological polar surface area (TPSA) is 60.8 Å². The number of nitrogens with zero attached hydrogens (tertiary/aromatic N) is 1. The average Bonchev–Trinajstić information content (AvgIpc) is 2.98. The van der Waals surface area contributed by atoms with Gasteiger partial charge in [0.25, 0.3) is 0 Å². The van der Waals surface area contributed by atoms with Crippen molar-refractivity contribution in [1.29, 1.82) is 0 Å². The van der Waals surface area contributed by atoms with Crippen molar-refractivity contribution in [2.75, 3.05) is 19.7 Å². The lowest BCUT2D eigenvalue weighted by molar-refractivity contribution is -0.139. The van der Waals surface area contributed by atoms with Crippen LogP contribution < -0.4 is 0 Å². The van der Waals surface area contributed by atoms with Crippen LogP contribution in [-0.2, 0) is 4.79 Å². The van der Waals surface area contributed by atoms with Gasteiger partial charge in [0.1, 0.15) is 0 Å². The van der Waals surface area contributed by atoms with Crippen molar-refractivity contribution in [1.82, 2.24) is 4.90 Å². The summed E-state index contributed by atoms with van der Waals surface area (Å²) in [7, 11) is 0. The maximum Gasteiger partial charge on any atom is 0.312 e. The highest BCUT2D eigenvalue weighted by Gasteiger charge is 2.28. The zero-order valence-corrected chi connectivity index (χ0v) is 11.7. The lowest BCUT2D eigenvalue weighted by Crippen LogP contribution is -2.40. The molecule has 1 unspecified atom stereocenters. The second-order valence-corrected chi connectivity index (χ2v) is 5.46. The van der Waals surface area contributed by atoms with Crippen LogP contribution in [0.4, 0.5) is 0 Å². The van der Waals surface area contributed by atoms with Crippen LogP contribution in [0.5, 0.6) is 0 Å². The first-order valence-corrected chi connectivity index (χ1v) is 7.35. The molecule has 0 aromatic heterocycles. The Bertz CT molecular complexity index is 415. The molecule has 2 rings (SSSR count). The van der Waals surface area contributed by atoms with Crippen LogP contribution >= 0.6 is 0 Å². The van der Waals surface area contributed by atoms with Crippen LogP contribution in [0.1, 0.15) is 37.2 Å². The van der Waals surface area contributed by atoms with Gasteiger partial charge in [0, 0.05) is 19.1 Å². The van der Waals surface area contributed by atoms with Crippen molar-refractivity contribution in [3.8, 4) is 0 Å². The fourth-order valence-electron chi connectivity index (χ4n) is 3.07. The Kier molecular flexibility index (Phi) is 5.56. The molecule has 20 heavy (non-hydrogen) atoms. The van der Waals surface area contributed by atoms with Gasteiger partial charge in [0.05, 0.1) is 12.5 Å². The molecule has 0 aliphatic heterocycles. The highest BCUT2D eigenvalue weighted by atomic mass is 16.4. The van der Waals surface area contributed by atoms with Gasteiger partial charge in [-0.2, -0.15) is 0 Å². The molecule has 0 saturated heterocycles. The number of aliphatic hydroxyl groups excluding tert-OH is 1. The largest absolute Gasteiger partial charge is 0.481 e. The molecule has 0 spiro atoms. The predicted molar refractivity (Wildman–Crippen MR) is 77.7 cm³/mol. The summed E-state index contributed by atoms with van der Waals surface area (Å²) in [4.78, 5) is 13.7. The summed E-state index contributed by atoms with van der Waals surface area (Å²) in [6.45, 7) is 1.11. The van der Waals surface area contributed by atoms with E-state index in [0.29, 0.717) is 19.1 Å². The normalized spacial score (nSPS) is 17.5. The number of benzene rings is 1. The van der Waals surface area contributed by atoms with Gasteiger partial charge in [0.2, 0.25) is 0 Å². The summed E-state index contributed by atoms with van der Waals surface area (Å²) in [5, 5.41) is 18.7. The molecule has 1 aliphatic rings. The van der Waals surface area contributed by atoms with Crippen LogP contribution in [-0.4, -0.2) is 46.8 Å². The van der Waals surface area contributed by atoms with E-state index in [2.05, 4.69) is 4.90 Å². The van der Waals surface area contributed by atoms with Crippen LogP contribution in [0.25, 0.3) is 0 Å². The monoisotopic (exact) mass is 277 g/mol. The van der Waals surface area contributed by atoms with Crippen LogP contribution in [0.2, 0.25) is 0 Å². The van der Waals surface area contributed by atoms with Gasteiger partial charge >= 0.3 is 5.97 Å². The van der Waals surface area contributed by atoms with Gasteiger partial charge in [-0.1, -0.05) is 43.2 Å². The molecule has 110 valence electrons. The van der Waals surface area contributed by atoms with Crippen molar-refractivity contribution < 1.29 is 15.0 Å². The molecule has 1 atom stereocenters. The third kappa shape index (κ3) is 3.81. The molecular formula is C16H23NO3. The standard InChI is InChI=1S/C16H23NO3/c18-11-10-17(14-8-4-5-9-14)12-15(16(19)20)13-6-2-1-3-7-13/h1-3,6-7,14-15,18H,4-5,8-12H2,(H,19,20). The van der Waals surface area contributed by atoms with E-state index in [4.69, 9.17) is 0 Å². The Morgan fingerprint density at radius 3 is 2.45 bits per heavy atom. The number of rotatable bonds is 7. The molecule has 1 aliphatic carbocycles. The fourth-order valence-corrected chi connectivity index (χ4v) is 3.07. The summed E-state index contributed by atoms with van der Waals surface area (Å²) in [6.07, 6.45) is 4.63. The molecule has 1 fully saturated rings. The van der Waals surface area contributed by atoms with Crippen LogP contribution in [0, 0.1) is 0 Å². The smallest absolute Gasteiger partial charge is 0.312 e. The molecule has 1 saturated carbocycles. The number of carbonyl (C=O) groups is 1. The summed E-state index contributed by atoms with van der Waals surface area (Å²) in [5.41, 5.74) is 0.834. The van der Waals surface area contributed by atoms with Crippen molar-refractivity contribution in [2.24, 2.45) is 0 Å². The number of carboxylic acid groups (broad SMARTS) is 1. The Hall–Kier alpha value is -1.39. The van der Waals surface area contributed by atoms with E-state index in [0.717, 1.165) is 18.4 Å². The summed E-state index contributed by atoms with van der Waals surface area (Å²) in [5.74, 6) is -1.32. The average molecular weight is 277 g/mol. The second kappa shape index (κ2) is 7.41. The van der Waals surface area contributed by atoms with E-state index in [1.54, 1.807) is 0 Å². The molecule has 2 N–H and O–H groups in total. The maximum absolute atomic E-state index is 11.6. The SMILES string of the molecule is O=C(O)C(CN(CCO)C1CCCC1)c1ccccc1. The second-order valence-electron chi connectivity index (χ2n) is 5.46. The fraction of sp³-hybridized carbons (Fsp3) is 0.562. The minimum absolute atomic E-state index is 0.0810. The molecule has 0 bridgehead atoms. The predicted octanol–water partition coefficient (Wildman–Crippen LogP) is 2.09. The summed E-state index contributed by atoms with van der Waals surface area (Å²) >= 11 is 0. The Morgan fingerprint density at radius 1 is 1.25 bits per heavy atom. The van der Waals surface area contributed by atoms with E-state index >= 15 is 0 Å². The molecule has 0 radical (unpaired) electrons. The van der Waals surface area contributed by atoms with Crippen molar-refractivity contribution in [2.45, 2.75) is 37.6 Å². The number of hydrogen-bond acceptors (Lipinski definition) is 3. The van der Waals surface area contributed by atoms with Crippen molar-refractivity contribution in [3.63, 3.8) is 0 Å². The molecule has 4 heteroatoms. The van der Waals surface area contributed by atoms with E-state index in [1.165, 1.54) is 12.8 Å². The number of carboxylic acids is 1. The highest BCUT2D eigenvalue weighted by molar-refractivity contribution is 5.76. The van der Waals surface area contributed by atoms with Crippen LogP contribution in [0.3, 0.4) is 0 Å². The lowest BCUT2D eigenvalue weighted by atomic mass is 9.97. The van der Waals surface area contributed by atoms with E-state index in [-0.39, 0.29) is 6.61 Å². The number of aliphatic carboxylic acids is 1. The lowest BCUT2D eigenvalue weighted by Gasteiger charge is -2.30. The van der Waals surface area contributed by atoms with Gasteiger partial charge in [-0.15, -0.1) is 0 Å². The minimum atomic E-state index is -0.794. The number of hydrogen-bond donors (Lipinski definition) is 2. The Morgan fingerprint density at radius 2 is 1.90 bits per heavy atom. The molecular weight excluding hydrogens is 254 g/mol. The van der Waals surface area contributed by atoms with E-state index in [9.17, 15) is 15.0 Å². The summed E-state index contributed by atoms with van der Waals surface area (Å²) < 4.78 is 0. The number of aliphatic hydroxyl groups is 1. The quantitative estimate of drug-likeness (QED) is 0.801. The molecule has 1 aromatic carbocycles. The maximum atomic E-state index is 11.6. The molecule has 1 aromatic rings. The molecule has 4 nitrogen and oxygen atoms in total.